The number of carbonyl (C=O) groups excluding carboxylic acids is 1. The number of carboxylic acids is 1. The lowest BCUT2D eigenvalue weighted by molar-refractivity contribution is -0.117. The van der Waals surface area contributed by atoms with E-state index in [0.29, 0.717) is 0 Å². The number of hydrogen-bond donors (Lipinski definition) is 2. The van der Waals surface area contributed by atoms with Crippen LogP contribution in [0, 0.1) is 11.7 Å². The smallest absolute Gasteiger partial charge is 0.340 e. The summed E-state index contributed by atoms with van der Waals surface area (Å²) in [5, 5.41) is 18.0. The van der Waals surface area contributed by atoms with Gasteiger partial charge in [-0.05, 0) is 12.1 Å². The minimum atomic E-state index is -1.41. The molecule has 1 fully saturated rings. The number of aliphatic hydroxyl groups is 1. The molecule has 1 aliphatic heterocycles. The number of anilines is 1. The first-order chi connectivity index (χ1) is 8.54. The van der Waals surface area contributed by atoms with Gasteiger partial charge in [0, 0.05) is 25.5 Å². The summed E-state index contributed by atoms with van der Waals surface area (Å²) >= 11 is 0. The van der Waals surface area contributed by atoms with Crippen LogP contribution in [0.3, 0.4) is 0 Å². The predicted molar refractivity (Wildman–Crippen MR) is 60.9 cm³/mol. The summed E-state index contributed by atoms with van der Waals surface area (Å²) in [5.74, 6) is -2.83. The van der Waals surface area contributed by atoms with E-state index in [1.54, 1.807) is 0 Å². The van der Waals surface area contributed by atoms with E-state index in [1.165, 1.54) is 17.0 Å². The largest absolute Gasteiger partial charge is 0.478 e. The van der Waals surface area contributed by atoms with Gasteiger partial charge in [0.2, 0.25) is 5.91 Å². The molecular formula is C12H12FNO4. The number of carbonyl (C=O) groups is 2. The summed E-state index contributed by atoms with van der Waals surface area (Å²) in [7, 11) is 0. The Morgan fingerprint density at radius 1 is 1.50 bits per heavy atom. The van der Waals surface area contributed by atoms with Crippen molar-refractivity contribution in [3.8, 4) is 0 Å². The summed E-state index contributed by atoms with van der Waals surface area (Å²) < 4.78 is 13.5. The van der Waals surface area contributed by atoms with Crippen LogP contribution in [-0.2, 0) is 4.79 Å². The molecule has 0 spiro atoms. The lowest BCUT2D eigenvalue weighted by atomic mass is 10.1. The lowest BCUT2D eigenvalue weighted by Gasteiger charge is -2.18. The summed E-state index contributed by atoms with van der Waals surface area (Å²) in [6, 6.07) is 3.79. The number of carboxylic acid groups (broad SMARTS) is 1. The molecule has 5 nitrogen and oxygen atoms in total. The Morgan fingerprint density at radius 2 is 2.22 bits per heavy atom. The second kappa shape index (κ2) is 4.73. The monoisotopic (exact) mass is 253 g/mol. The van der Waals surface area contributed by atoms with Crippen molar-refractivity contribution in [3.63, 3.8) is 0 Å². The van der Waals surface area contributed by atoms with Crippen LogP contribution in [0.2, 0.25) is 0 Å². The molecule has 1 atom stereocenters. The third-order valence-corrected chi connectivity index (χ3v) is 2.96. The van der Waals surface area contributed by atoms with Gasteiger partial charge < -0.3 is 15.1 Å². The van der Waals surface area contributed by atoms with Crippen LogP contribution in [0.4, 0.5) is 10.1 Å². The number of aliphatic hydroxyl groups excluding tert-OH is 1. The zero-order valence-corrected chi connectivity index (χ0v) is 9.47. The number of rotatable bonds is 3. The third kappa shape index (κ3) is 2.06. The van der Waals surface area contributed by atoms with E-state index in [0.717, 1.165) is 6.07 Å². The Kier molecular flexibility index (Phi) is 3.29. The molecule has 0 aliphatic carbocycles. The maximum atomic E-state index is 13.5. The van der Waals surface area contributed by atoms with Crippen LogP contribution in [0.5, 0.6) is 0 Å². The molecule has 0 saturated carbocycles. The number of halogens is 1. The van der Waals surface area contributed by atoms with Crippen LogP contribution in [-0.4, -0.2) is 35.2 Å². The SMILES string of the molecule is O=C(O)c1c(F)cccc1N1CC(CO)CC1=O. The van der Waals surface area contributed by atoms with E-state index in [4.69, 9.17) is 10.2 Å². The van der Waals surface area contributed by atoms with Gasteiger partial charge in [-0.25, -0.2) is 9.18 Å². The zero-order valence-electron chi connectivity index (χ0n) is 9.47. The highest BCUT2D eigenvalue weighted by atomic mass is 19.1. The number of amides is 1. The van der Waals surface area contributed by atoms with Gasteiger partial charge in [-0.15, -0.1) is 0 Å². The lowest BCUT2D eigenvalue weighted by Crippen LogP contribution is -2.27. The second-order valence-electron chi connectivity index (χ2n) is 4.20. The zero-order chi connectivity index (χ0) is 13.3. The molecule has 6 heteroatoms. The van der Waals surface area contributed by atoms with E-state index in [9.17, 15) is 14.0 Å². The van der Waals surface area contributed by atoms with Crippen molar-refractivity contribution < 1.29 is 24.2 Å². The topological polar surface area (TPSA) is 77.8 Å². The molecule has 96 valence electrons. The van der Waals surface area contributed by atoms with E-state index in [-0.39, 0.29) is 37.1 Å². The highest BCUT2D eigenvalue weighted by Crippen LogP contribution is 2.29. The Balaban J connectivity index is 2.43. The van der Waals surface area contributed by atoms with Gasteiger partial charge in [-0.1, -0.05) is 6.07 Å². The Hall–Kier alpha value is -1.95. The minimum Gasteiger partial charge on any atom is -0.478 e. The standard InChI is InChI=1S/C12H12FNO4/c13-8-2-1-3-9(11(8)12(17)18)14-5-7(6-15)4-10(14)16/h1-3,7,15H,4-6H2,(H,17,18). The average molecular weight is 253 g/mol. The Morgan fingerprint density at radius 3 is 2.78 bits per heavy atom. The number of nitrogens with zero attached hydrogens (tertiary/aromatic N) is 1. The van der Waals surface area contributed by atoms with Crippen molar-refractivity contribution in [3.05, 3.63) is 29.6 Å². The fraction of sp³-hybridized carbons (Fsp3) is 0.333. The summed E-state index contributed by atoms with van der Waals surface area (Å²) in [6.45, 7) is 0.0546. The Bertz CT molecular complexity index is 503. The van der Waals surface area contributed by atoms with Gasteiger partial charge in [-0.3, -0.25) is 4.79 Å². The van der Waals surface area contributed by atoms with Gasteiger partial charge in [-0.2, -0.15) is 0 Å². The maximum Gasteiger partial charge on any atom is 0.340 e. The van der Waals surface area contributed by atoms with E-state index < -0.39 is 17.3 Å². The number of hydrogen-bond acceptors (Lipinski definition) is 3. The highest BCUT2D eigenvalue weighted by Gasteiger charge is 2.33. The van der Waals surface area contributed by atoms with Gasteiger partial charge in [0.15, 0.2) is 0 Å². The third-order valence-electron chi connectivity index (χ3n) is 2.96. The molecule has 1 heterocycles. The molecule has 1 aliphatic rings. The maximum absolute atomic E-state index is 13.5. The summed E-state index contributed by atoms with van der Waals surface area (Å²) in [6.07, 6.45) is 0.145. The van der Waals surface area contributed by atoms with Crippen molar-refractivity contribution >= 4 is 17.6 Å². The first-order valence-corrected chi connectivity index (χ1v) is 5.47. The second-order valence-corrected chi connectivity index (χ2v) is 4.20. The average Bonchev–Trinajstić information content (AvgIpc) is 2.69. The predicted octanol–water partition coefficient (Wildman–Crippen LogP) is 0.869. The molecule has 2 rings (SSSR count). The van der Waals surface area contributed by atoms with Crippen LogP contribution in [0.15, 0.2) is 18.2 Å². The first kappa shape index (κ1) is 12.5. The van der Waals surface area contributed by atoms with Crippen LogP contribution < -0.4 is 4.90 Å². The Labute approximate surface area is 102 Å². The molecule has 1 unspecified atom stereocenters. The van der Waals surface area contributed by atoms with Gasteiger partial charge in [0.1, 0.15) is 11.4 Å². The first-order valence-electron chi connectivity index (χ1n) is 5.47. The molecule has 1 aromatic rings. The number of benzene rings is 1. The number of aromatic carboxylic acids is 1. The molecule has 0 bridgehead atoms. The van der Waals surface area contributed by atoms with Crippen molar-refractivity contribution in [1.29, 1.82) is 0 Å². The van der Waals surface area contributed by atoms with E-state index in [1.807, 2.05) is 0 Å². The van der Waals surface area contributed by atoms with E-state index >= 15 is 0 Å². The molecule has 1 saturated heterocycles. The van der Waals surface area contributed by atoms with Crippen LogP contribution in [0.25, 0.3) is 0 Å². The molecule has 2 N–H and O–H groups in total. The quantitative estimate of drug-likeness (QED) is 0.837. The molecule has 18 heavy (non-hydrogen) atoms. The van der Waals surface area contributed by atoms with E-state index in [2.05, 4.69) is 0 Å². The molecule has 1 amide bonds. The van der Waals surface area contributed by atoms with Gasteiger partial charge in [0.25, 0.3) is 0 Å². The van der Waals surface area contributed by atoms with Crippen molar-refractivity contribution in [2.24, 2.45) is 5.92 Å². The normalized spacial score (nSPS) is 19.3. The summed E-state index contributed by atoms with van der Waals surface area (Å²) in [5.41, 5.74) is -0.465. The van der Waals surface area contributed by atoms with Crippen molar-refractivity contribution in [2.45, 2.75) is 6.42 Å². The molecule has 1 aromatic carbocycles. The summed E-state index contributed by atoms with van der Waals surface area (Å²) in [4.78, 5) is 24.0. The molecule has 0 aromatic heterocycles. The fourth-order valence-electron chi connectivity index (χ4n) is 2.09. The van der Waals surface area contributed by atoms with Crippen molar-refractivity contribution in [2.75, 3.05) is 18.1 Å². The van der Waals surface area contributed by atoms with Crippen molar-refractivity contribution in [1.82, 2.24) is 0 Å². The van der Waals surface area contributed by atoms with Crippen LogP contribution in [0.1, 0.15) is 16.8 Å². The molecule has 0 radical (unpaired) electrons. The minimum absolute atomic E-state index is 0.0449. The van der Waals surface area contributed by atoms with Gasteiger partial charge in [0.05, 0.1) is 5.69 Å². The van der Waals surface area contributed by atoms with Gasteiger partial charge >= 0.3 is 5.97 Å². The molecular weight excluding hydrogens is 241 g/mol. The highest BCUT2D eigenvalue weighted by molar-refractivity contribution is 6.03. The van der Waals surface area contributed by atoms with Crippen LogP contribution >= 0.6 is 0 Å². The fourth-order valence-corrected chi connectivity index (χ4v) is 2.09.